The lowest BCUT2D eigenvalue weighted by molar-refractivity contribution is -0.140. The van der Waals surface area contributed by atoms with Crippen molar-refractivity contribution in [3.8, 4) is 11.4 Å². The first-order chi connectivity index (χ1) is 19.2. The molecular formula is C26H23F7N6S2. The van der Waals surface area contributed by atoms with Gasteiger partial charge in [-0.1, -0.05) is 40.3 Å². The number of aryl methyl sites for hydroxylation is 4. The van der Waals surface area contributed by atoms with E-state index in [1.165, 1.54) is 26.3 Å². The predicted molar refractivity (Wildman–Crippen MR) is 142 cm³/mol. The normalized spacial score (nSPS) is 13.7. The topological polar surface area (TPSA) is 61.4 Å². The first-order valence-electron chi connectivity index (χ1n) is 11.9. The molecule has 4 rings (SSSR count). The van der Waals surface area contributed by atoms with Gasteiger partial charge < -0.3 is 0 Å². The van der Waals surface area contributed by atoms with Crippen LogP contribution in [0.5, 0.6) is 0 Å². The molecule has 6 nitrogen and oxygen atoms in total. The van der Waals surface area contributed by atoms with Gasteiger partial charge in [0.15, 0.2) is 5.82 Å². The zero-order valence-corrected chi connectivity index (χ0v) is 23.7. The number of aromatic nitrogens is 6. The van der Waals surface area contributed by atoms with Crippen molar-refractivity contribution in [2.24, 2.45) is 0 Å². The fourth-order valence-corrected chi connectivity index (χ4v) is 6.36. The molecule has 0 spiro atoms. The Kier molecular flexibility index (Phi) is 8.60. The second kappa shape index (κ2) is 11.5. The van der Waals surface area contributed by atoms with Crippen molar-refractivity contribution in [3.05, 3.63) is 83.5 Å². The first-order valence-corrected chi connectivity index (χ1v) is 14.0. The SMILES string of the molecule is C=CC(F)(c1ncn(-c2cc(SSc3cc(-n4cnc(C(F)(F)C(F)F)n4)c(C)cc3C)c(C)cc2C)n1)C(F)F. The number of hydrogen-bond acceptors (Lipinski definition) is 6. The number of halogens is 7. The largest absolute Gasteiger partial charge is 0.367 e. The molecule has 0 N–H and O–H groups in total. The molecule has 0 fully saturated rings. The van der Waals surface area contributed by atoms with Gasteiger partial charge in [0.05, 0.1) is 11.4 Å². The van der Waals surface area contributed by atoms with Gasteiger partial charge in [0.1, 0.15) is 12.7 Å². The molecule has 0 aliphatic rings. The fourth-order valence-electron chi connectivity index (χ4n) is 3.87. The van der Waals surface area contributed by atoms with Crippen molar-refractivity contribution in [3.63, 3.8) is 0 Å². The Balaban J connectivity index is 1.62. The van der Waals surface area contributed by atoms with E-state index in [0.29, 0.717) is 23.0 Å². The Bertz CT molecular complexity index is 1590. The summed E-state index contributed by atoms with van der Waals surface area (Å²) in [5.41, 5.74) is 0.843. The van der Waals surface area contributed by atoms with Gasteiger partial charge in [-0.25, -0.2) is 41.3 Å². The van der Waals surface area contributed by atoms with Gasteiger partial charge in [-0.2, -0.15) is 8.78 Å². The highest BCUT2D eigenvalue weighted by molar-refractivity contribution is 8.76. The van der Waals surface area contributed by atoms with Crippen molar-refractivity contribution >= 4 is 21.6 Å². The predicted octanol–water partition coefficient (Wildman–Crippen LogP) is 7.85. The maximum atomic E-state index is 14.7. The van der Waals surface area contributed by atoms with Crippen LogP contribution in [0.3, 0.4) is 0 Å². The Morgan fingerprint density at radius 3 is 1.56 bits per heavy atom. The number of nitrogens with zero attached hydrogens (tertiary/aromatic N) is 6. The third-order valence-electron chi connectivity index (χ3n) is 6.22. The lowest BCUT2D eigenvalue weighted by Crippen LogP contribution is -2.28. The minimum absolute atomic E-state index is 0.384. The molecule has 15 heteroatoms. The summed E-state index contributed by atoms with van der Waals surface area (Å²) in [7, 11) is 2.70. The van der Waals surface area contributed by atoms with Gasteiger partial charge in [-0.15, -0.1) is 10.2 Å². The standard InChI is InChI=1S/C26H23F7N6S2/c1-6-25(31,21(27)28)23-34-11-38(36-23)17-9-19(15(4)7-13(17)2)40-41-20-10-18(14(3)8-16(20)5)39-12-35-24(37-39)26(32,33)22(29)30/h6-12,21-22H,1H2,2-5H3. The molecule has 0 radical (unpaired) electrons. The molecule has 0 saturated carbocycles. The maximum absolute atomic E-state index is 14.7. The van der Waals surface area contributed by atoms with Crippen LogP contribution in [-0.4, -0.2) is 42.4 Å². The summed E-state index contributed by atoms with van der Waals surface area (Å²) in [4.78, 5) is 8.64. The second-order valence-corrected chi connectivity index (χ2v) is 11.4. The van der Waals surface area contributed by atoms with Crippen molar-refractivity contribution < 1.29 is 30.7 Å². The number of benzene rings is 2. The van der Waals surface area contributed by atoms with Crippen LogP contribution in [-0.2, 0) is 11.6 Å². The lowest BCUT2D eigenvalue weighted by atomic mass is 10.1. The molecule has 218 valence electrons. The molecule has 1 atom stereocenters. The molecule has 2 aromatic carbocycles. The van der Waals surface area contributed by atoms with E-state index in [-0.39, 0.29) is 0 Å². The van der Waals surface area contributed by atoms with E-state index >= 15 is 0 Å². The van der Waals surface area contributed by atoms with Crippen LogP contribution < -0.4 is 0 Å². The molecule has 0 aliphatic carbocycles. The van der Waals surface area contributed by atoms with E-state index < -0.39 is 36.1 Å². The molecular weight excluding hydrogens is 593 g/mol. The first kappa shape index (κ1) is 30.6. The zero-order chi connectivity index (χ0) is 30.3. The van der Waals surface area contributed by atoms with E-state index in [2.05, 4.69) is 26.7 Å². The summed E-state index contributed by atoms with van der Waals surface area (Å²) < 4.78 is 96.5. The summed E-state index contributed by atoms with van der Waals surface area (Å²) in [6.07, 6.45) is -4.77. The van der Waals surface area contributed by atoms with Crippen LogP contribution in [0.2, 0.25) is 0 Å². The van der Waals surface area contributed by atoms with Crippen molar-refractivity contribution in [1.82, 2.24) is 29.5 Å². The van der Waals surface area contributed by atoms with Gasteiger partial charge in [0, 0.05) is 9.79 Å². The number of rotatable bonds is 10. The number of hydrogen-bond donors (Lipinski definition) is 0. The maximum Gasteiger partial charge on any atom is 0.367 e. The molecule has 1 unspecified atom stereocenters. The smallest absolute Gasteiger partial charge is 0.224 e. The highest BCUT2D eigenvalue weighted by Gasteiger charge is 2.47. The van der Waals surface area contributed by atoms with E-state index in [0.717, 1.165) is 43.8 Å². The summed E-state index contributed by atoms with van der Waals surface area (Å²) in [5.74, 6) is -6.47. The highest BCUT2D eigenvalue weighted by atomic mass is 33.1. The van der Waals surface area contributed by atoms with Crippen molar-refractivity contribution in [1.29, 1.82) is 0 Å². The molecule has 0 bridgehead atoms. The highest BCUT2D eigenvalue weighted by Crippen LogP contribution is 2.43. The van der Waals surface area contributed by atoms with Gasteiger partial charge in [0.25, 0.3) is 6.43 Å². The molecule has 0 saturated heterocycles. The second-order valence-electron chi connectivity index (χ2n) is 9.20. The lowest BCUT2D eigenvalue weighted by Gasteiger charge is -2.16. The molecule has 0 amide bonds. The quantitative estimate of drug-likeness (QED) is 0.103. The van der Waals surface area contributed by atoms with Gasteiger partial charge in [0.2, 0.25) is 11.5 Å². The monoisotopic (exact) mass is 616 g/mol. The summed E-state index contributed by atoms with van der Waals surface area (Å²) >= 11 is 0. The van der Waals surface area contributed by atoms with Crippen LogP contribution in [0, 0.1) is 27.7 Å². The number of alkyl halides is 7. The average Bonchev–Trinajstić information content (AvgIpc) is 3.59. The zero-order valence-electron chi connectivity index (χ0n) is 22.0. The molecule has 2 heterocycles. The molecule has 0 aliphatic heterocycles. The Morgan fingerprint density at radius 1 is 0.707 bits per heavy atom. The Hall–Kier alpha value is -3.33. The summed E-state index contributed by atoms with van der Waals surface area (Å²) in [6, 6.07) is 7.12. The van der Waals surface area contributed by atoms with Crippen molar-refractivity contribution in [2.45, 2.75) is 61.9 Å². The third-order valence-corrected chi connectivity index (χ3v) is 8.86. The Morgan fingerprint density at radius 2 is 1.15 bits per heavy atom. The van der Waals surface area contributed by atoms with Crippen LogP contribution in [0.1, 0.15) is 33.9 Å². The fraction of sp³-hybridized carbons (Fsp3) is 0.308. The Labute approximate surface area is 238 Å². The minimum atomic E-state index is -4.49. The molecule has 41 heavy (non-hydrogen) atoms. The van der Waals surface area contributed by atoms with Gasteiger partial charge >= 0.3 is 12.3 Å². The molecule has 4 aromatic rings. The average molecular weight is 617 g/mol. The number of allylic oxidation sites excluding steroid dienone is 1. The third kappa shape index (κ3) is 5.87. The van der Waals surface area contributed by atoms with E-state index in [4.69, 9.17) is 0 Å². The van der Waals surface area contributed by atoms with Crippen LogP contribution in [0.25, 0.3) is 11.4 Å². The van der Waals surface area contributed by atoms with Crippen molar-refractivity contribution in [2.75, 3.05) is 0 Å². The molecule has 2 aromatic heterocycles. The van der Waals surface area contributed by atoms with Gasteiger partial charge in [-0.05, 0) is 68.2 Å². The minimum Gasteiger partial charge on any atom is -0.224 e. The van der Waals surface area contributed by atoms with Crippen LogP contribution in [0.4, 0.5) is 30.7 Å². The summed E-state index contributed by atoms with van der Waals surface area (Å²) in [5, 5.41) is 7.53. The van der Waals surface area contributed by atoms with E-state index in [1.54, 1.807) is 32.0 Å². The van der Waals surface area contributed by atoms with E-state index in [9.17, 15) is 30.7 Å². The van der Waals surface area contributed by atoms with Gasteiger partial charge in [-0.3, -0.25) is 0 Å². The van der Waals surface area contributed by atoms with Crippen LogP contribution in [0.15, 0.2) is 59.4 Å². The van der Waals surface area contributed by atoms with E-state index in [1.807, 2.05) is 19.9 Å². The van der Waals surface area contributed by atoms with Crippen LogP contribution >= 0.6 is 21.6 Å². The summed E-state index contributed by atoms with van der Waals surface area (Å²) in [6.45, 7) is 10.4.